The van der Waals surface area contributed by atoms with E-state index in [-0.39, 0.29) is 11.8 Å². The number of nitriles is 1. The molecule has 3 aromatic carbocycles. The summed E-state index contributed by atoms with van der Waals surface area (Å²) < 4.78 is 0. The molecule has 0 aromatic heterocycles. The van der Waals surface area contributed by atoms with Crippen LogP contribution in [0, 0.1) is 11.3 Å². The molecule has 8 heteroatoms. The van der Waals surface area contributed by atoms with Gasteiger partial charge in [0.2, 0.25) is 5.91 Å². The van der Waals surface area contributed by atoms with E-state index in [1.807, 2.05) is 80.6 Å². The summed E-state index contributed by atoms with van der Waals surface area (Å²) >= 11 is 0. The second kappa shape index (κ2) is 11.7. The molecule has 1 aliphatic rings. The average Bonchev–Trinajstić information content (AvgIpc) is 3.25. The van der Waals surface area contributed by atoms with Crippen molar-refractivity contribution in [1.29, 1.82) is 5.26 Å². The maximum atomic E-state index is 13.1. The summed E-state index contributed by atoms with van der Waals surface area (Å²) in [6.07, 6.45) is 0. The molecule has 2 N–H and O–H groups in total. The molecule has 0 atom stereocenters. The number of nitrogens with zero attached hydrogens (tertiary/aromatic N) is 4. The van der Waals surface area contributed by atoms with E-state index < -0.39 is 0 Å². The van der Waals surface area contributed by atoms with Crippen LogP contribution in [0.1, 0.15) is 16.7 Å². The molecule has 1 aliphatic heterocycles. The van der Waals surface area contributed by atoms with Gasteiger partial charge in [-0.1, -0.05) is 36.4 Å². The monoisotopic (exact) mass is 508 g/mol. The molecule has 0 fully saturated rings. The minimum Gasteiger partial charge on any atom is -0.354 e. The van der Waals surface area contributed by atoms with E-state index in [0.29, 0.717) is 29.1 Å². The average molecular weight is 509 g/mol. The first-order chi connectivity index (χ1) is 18.3. The van der Waals surface area contributed by atoms with Crippen molar-refractivity contribution in [2.24, 2.45) is 0 Å². The van der Waals surface area contributed by atoms with E-state index in [4.69, 9.17) is 0 Å². The topological polar surface area (TPSA) is 91.7 Å². The van der Waals surface area contributed by atoms with Gasteiger partial charge in [-0.15, -0.1) is 0 Å². The highest BCUT2D eigenvalue weighted by atomic mass is 16.2. The van der Waals surface area contributed by atoms with Gasteiger partial charge in [-0.2, -0.15) is 5.26 Å². The summed E-state index contributed by atoms with van der Waals surface area (Å²) in [5, 5.41) is 15.6. The van der Waals surface area contributed by atoms with E-state index in [1.54, 1.807) is 30.1 Å². The van der Waals surface area contributed by atoms with Crippen LogP contribution >= 0.6 is 0 Å². The predicted molar refractivity (Wildman–Crippen MR) is 153 cm³/mol. The van der Waals surface area contributed by atoms with Gasteiger partial charge in [0.1, 0.15) is 0 Å². The van der Waals surface area contributed by atoms with Crippen molar-refractivity contribution < 1.29 is 9.59 Å². The van der Waals surface area contributed by atoms with E-state index in [2.05, 4.69) is 21.6 Å². The van der Waals surface area contributed by atoms with Crippen molar-refractivity contribution >= 4 is 40.1 Å². The fraction of sp³-hybridized carbons (Fsp3) is 0.233. The van der Waals surface area contributed by atoms with Crippen LogP contribution < -0.4 is 15.5 Å². The van der Waals surface area contributed by atoms with Crippen molar-refractivity contribution in [3.05, 3.63) is 89.5 Å². The Bertz CT molecular complexity index is 1390. The van der Waals surface area contributed by atoms with Gasteiger partial charge in [-0.3, -0.25) is 14.5 Å². The molecule has 0 bridgehead atoms. The second-order valence-corrected chi connectivity index (χ2v) is 9.61. The van der Waals surface area contributed by atoms with Crippen LogP contribution in [0.2, 0.25) is 0 Å². The molecule has 1 heterocycles. The van der Waals surface area contributed by atoms with Crippen molar-refractivity contribution in [2.75, 3.05) is 63.4 Å². The van der Waals surface area contributed by atoms with Crippen molar-refractivity contribution in [3.8, 4) is 6.07 Å². The number of carbonyl (C=O) groups excluding carboxylic acids is 2. The molecule has 2 amide bonds. The Balaban J connectivity index is 1.58. The van der Waals surface area contributed by atoms with Crippen LogP contribution in [-0.4, -0.2) is 69.4 Å². The Morgan fingerprint density at radius 3 is 2.32 bits per heavy atom. The summed E-state index contributed by atoms with van der Waals surface area (Å²) in [4.78, 5) is 31.6. The third-order valence-electron chi connectivity index (χ3n) is 6.44. The maximum Gasteiger partial charge on any atom is 0.258 e. The maximum absolute atomic E-state index is 13.1. The molecule has 3 aromatic rings. The SMILES string of the molecule is CN(C)CCN(C)CC(=O)N(C)c1ccc(N/C(=C2\C(=O)Nc3cc(C#N)ccc32)c2ccccc2)cc1. The first-order valence-corrected chi connectivity index (χ1v) is 12.4. The van der Waals surface area contributed by atoms with Crippen LogP contribution in [0.5, 0.6) is 0 Å². The highest BCUT2D eigenvalue weighted by molar-refractivity contribution is 6.37. The second-order valence-electron chi connectivity index (χ2n) is 9.61. The summed E-state index contributed by atoms with van der Waals surface area (Å²) in [5.41, 5.74) is 5.41. The number of fused-ring (bicyclic) bond motifs is 1. The van der Waals surface area contributed by atoms with Gasteiger partial charge >= 0.3 is 0 Å². The molecular formula is C30H32N6O2. The normalized spacial score (nSPS) is 13.7. The number of nitrogens with one attached hydrogen (secondary N) is 2. The number of benzene rings is 3. The van der Waals surface area contributed by atoms with Crippen molar-refractivity contribution in [1.82, 2.24) is 9.80 Å². The quantitative estimate of drug-likeness (QED) is 0.426. The fourth-order valence-electron chi connectivity index (χ4n) is 4.22. The smallest absolute Gasteiger partial charge is 0.258 e. The summed E-state index contributed by atoms with van der Waals surface area (Å²) in [7, 11) is 7.74. The van der Waals surface area contributed by atoms with Gasteiger partial charge in [-0.05, 0) is 63.1 Å². The lowest BCUT2D eigenvalue weighted by atomic mass is 9.99. The number of hydrogen-bond donors (Lipinski definition) is 2. The lowest BCUT2D eigenvalue weighted by Crippen LogP contribution is -2.39. The number of rotatable bonds is 9. The zero-order chi connectivity index (χ0) is 27.2. The summed E-state index contributed by atoms with van der Waals surface area (Å²) in [6, 6.07) is 24.5. The van der Waals surface area contributed by atoms with Gasteiger partial charge in [0.05, 0.1) is 35.1 Å². The fourth-order valence-corrected chi connectivity index (χ4v) is 4.22. The predicted octanol–water partition coefficient (Wildman–Crippen LogP) is 3.95. The van der Waals surface area contributed by atoms with Gasteiger partial charge in [0.15, 0.2) is 0 Å². The Morgan fingerprint density at radius 1 is 0.947 bits per heavy atom. The van der Waals surface area contributed by atoms with Gasteiger partial charge in [0.25, 0.3) is 5.91 Å². The Kier molecular flexibility index (Phi) is 8.22. The number of amides is 2. The molecule has 4 rings (SSSR count). The van der Waals surface area contributed by atoms with Gasteiger partial charge in [0, 0.05) is 37.1 Å². The van der Waals surface area contributed by atoms with E-state index in [9.17, 15) is 14.9 Å². The summed E-state index contributed by atoms with van der Waals surface area (Å²) in [6.45, 7) is 2.02. The highest BCUT2D eigenvalue weighted by Crippen LogP contribution is 2.38. The van der Waals surface area contributed by atoms with Crippen molar-refractivity contribution in [2.45, 2.75) is 0 Å². The number of likely N-dealkylation sites (N-methyl/N-ethyl adjacent to an activating group) is 3. The van der Waals surface area contributed by atoms with Gasteiger partial charge in [-0.25, -0.2) is 0 Å². The first-order valence-electron chi connectivity index (χ1n) is 12.4. The third kappa shape index (κ3) is 6.09. The highest BCUT2D eigenvalue weighted by Gasteiger charge is 2.28. The van der Waals surface area contributed by atoms with Crippen LogP contribution in [0.4, 0.5) is 17.1 Å². The Hall–Kier alpha value is -4.45. The largest absolute Gasteiger partial charge is 0.354 e. The van der Waals surface area contributed by atoms with E-state index >= 15 is 0 Å². The number of hydrogen-bond acceptors (Lipinski definition) is 6. The standard InChI is InChI=1S/C30H32N6O2/c1-34(2)16-17-35(3)20-27(37)36(4)24-13-11-23(12-14-24)32-29(22-8-6-5-7-9-22)28-25-15-10-21(19-31)18-26(25)33-30(28)38/h5-15,18,32H,16-17,20H2,1-4H3,(H,33,38)/b29-28-. The molecule has 8 nitrogen and oxygen atoms in total. The van der Waals surface area contributed by atoms with Crippen LogP contribution in [0.3, 0.4) is 0 Å². The molecule has 0 saturated carbocycles. The molecule has 38 heavy (non-hydrogen) atoms. The molecule has 0 spiro atoms. The molecule has 0 radical (unpaired) electrons. The molecule has 0 saturated heterocycles. The Morgan fingerprint density at radius 2 is 1.66 bits per heavy atom. The minimum absolute atomic E-state index is 0.00929. The zero-order valence-corrected chi connectivity index (χ0v) is 22.2. The van der Waals surface area contributed by atoms with Crippen LogP contribution in [0.25, 0.3) is 11.3 Å². The molecule has 194 valence electrons. The van der Waals surface area contributed by atoms with Crippen LogP contribution in [-0.2, 0) is 9.59 Å². The first kappa shape index (κ1) is 26.6. The Labute approximate surface area is 223 Å². The molecule has 0 unspecified atom stereocenters. The lowest BCUT2D eigenvalue weighted by Gasteiger charge is -2.23. The number of carbonyl (C=O) groups is 2. The van der Waals surface area contributed by atoms with Crippen molar-refractivity contribution in [3.63, 3.8) is 0 Å². The molecule has 0 aliphatic carbocycles. The van der Waals surface area contributed by atoms with Crippen LogP contribution in [0.15, 0.2) is 72.8 Å². The zero-order valence-electron chi connectivity index (χ0n) is 22.2. The minimum atomic E-state index is -0.234. The lowest BCUT2D eigenvalue weighted by molar-refractivity contribution is -0.119. The summed E-state index contributed by atoms with van der Waals surface area (Å²) in [5.74, 6) is -0.225. The number of anilines is 3. The third-order valence-corrected chi connectivity index (χ3v) is 6.44. The van der Waals surface area contributed by atoms with E-state index in [0.717, 1.165) is 35.6 Å². The molecular weight excluding hydrogens is 476 g/mol. The van der Waals surface area contributed by atoms with Gasteiger partial charge < -0.3 is 20.4 Å². The van der Waals surface area contributed by atoms with E-state index in [1.165, 1.54) is 0 Å².